The number of amides is 1. The molecule has 2 aliphatic rings. The van der Waals surface area contributed by atoms with Gasteiger partial charge in [0, 0.05) is 34.6 Å². The topological polar surface area (TPSA) is 48.1 Å². The third-order valence-electron chi connectivity index (χ3n) is 5.00. The van der Waals surface area contributed by atoms with E-state index in [9.17, 15) is 4.79 Å². The van der Waals surface area contributed by atoms with Crippen molar-refractivity contribution in [1.82, 2.24) is 15.2 Å². The quantitative estimate of drug-likeness (QED) is 0.893. The predicted octanol–water partition coefficient (Wildman–Crippen LogP) is 3.18. The molecule has 5 heteroatoms. The van der Waals surface area contributed by atoms with Crippen LogP contribution in [0.3, 0.4) is 0 Å². The zero-order valence-electron chi connectivity index (χ0n) is 12.4. The van der Waals surface area contributed by atoms with E-state index < -0.39 is 0 Å². The molecule has 2 atom stereocenters. The number of benzene rings is 1. The number of fused-ring (bicyclic) bond motifs is 2. The molecule has 2 unspecified atom stereocenters. The van der Waals surface area contributed by atoms with Crippen molar-refractivity contribution >= 4 is 28.4 Å². The number of carbonyl (C=O) groups is 1. The summed E-state index contributed by atoms with van der Waals surface area (Å²) in [5.41, 5.74) is 1.52. The van der Waals surface area contributed by atoms with Gasteiger partial charge in [-0.3, -0.25) is 9.69 Å². The molecule has 22 heavy (non-hydrogen) atoms. The van der Waals surface area contributed by atoms with Crippen molar-refractivity contribution in [3.05, 3.63) is 35.0 Å². The summed E-state index contributed by atoms with van der Waals surface area (Å²) < 4.78 is 0. The molecule has 1 amide bonds. The summed E-state index contributed by atoms with van der Waals surface area (Å²) >= 11 is 6.00. The van der Waals surface area contributed by atoms with Gasteiger partial charge in [-0.2, -0.15) is 0 Å². The summed E-state index contributed by atoms with van der Waals surface area (Å²) in [5.74, 6) is -0.00949. The molecule has 0 saturated carbocycles. The van der Waals surface area contributed by atoms with Gasteiger partial charge < -0.3 is 10.3 Å². The Balaban J connectivity index is 1.51. The third-order valence-corrected chi connectivity index (χ3v) is 5.24. The minimum absolute atomic E-state index is 0.00949. The maximum absolute atomic E-state index is 12.5. The van der Waals surface area contributed by atoms with Crippen molar-refractivity contribution in [1.29, 1.82) is 0 Å². The van der Waals surface area contributed by atoms with Gasteiger partial charge in [0.25, 0.3) is 5.91 Å². The van der Waals surface area contributed by atoms with Gasteiger partial charge in [0.05, 0.1) is 0 Å². The molecule has 4 rings (SSSR count). The van der Waals surface area contributed by atoms with Crippen LogP contribution < -0.4 is 5.32 Å². The number of hydrogen-bond donors (Lipinski definition) is 2. The van der Waals surface area contributed by atoms with Crippen molar-refractivity contribution in [3.63, 3.8) is 0 Å². The minimum atomic E-state index is -0.00949. The smallest absolute Gasteiger partial charge is 0.268 e. The van der Waals surface area contributed by atoms with Gasteiger partial charge in [0.2, 0.25) is 0 Å². The van der Waals surface area contributed by atoms with Crippen LogP contribution in [0.4, 0.5) is 0 Å². The maximum atomic E-state index is 12.5. The van der Waals surface area contributed by atoms with Crippen LogP contribution in [0.1, 0.15) is 36.2 Å². The molecule has 1 aromatic heterocycles. The second kappa shape index (κ2) is 5.60. The fraction of sp³-hybridized carbons (Fsp3) is 0.471. The molecule has 3 heterocycles. The lowest BCUT2D eigenvalue weighted by atomic mass is 9.99. The highest BCUT2D eigenvalue weighted by Crippen LogP contribution is 2.27. The van der Waals surface area contributed by atoms with Gasteiger partial charge >= 0.3 is 0 Å². The van der Waals surface area contributed by atoms with Crippen molar-refractivity contribution in [2.24, 2.45) is 0 Å². The van der Waals surface area contributed by atoms with E-state index in [1.54, 1.807) is 0 Å². The first kappa shape index (κ1) is 14.1. The Bertz CT molecular complexity index is 711. The first-order valence-corrected chi connectivity index (χ1v) is 8.42. The second-order valence-electron chi connectivity index (χ2n) is 6.38. The maximum Gasteiger partial charge on any atom is 0.268 e. The lowest BCUT2D eigenvalue weighted by Crippen LogP contribution is -2.46. The number of carbonyl (C=O) groups excluding carboxylic acids is 1. The van der Waals surface area contributed by atoms with Crippen LogP contribution in [-0.4, -0.2) is 41.0 Å². The van der Waals surface area contributed by atoms with Crippen molar-refractivity contribution in [3.8, 4) is 0 Å². The Morgan fingerprint density at radius 3 is 3.05 bits per heavy atom. The lowest BCUT2D eigenvalue weighted by molar-refractivity contribution is 0.0911. The summed E-state index contributed by atoms with van der Waals surface area (Å²) in [7, 11) is 0. The van der Waals surface area contributed by atoms with E-state index in [0.29, 0.717) is 16.8 Å². The van der Waals surface area contributed by atoms with Crippen LogP contribution in [-0.2, 0) is 0 Å². The number of aromatic amines is 1. The van der Waals surface area contributed by atoms with Crippen LogP contribution in [0.2, 0.25) is 5.02 Å². The molecule has 1 aromatic carbocycles. The third kappa shape index (κ3) is 2.50. The fourth-order valence-electron chi connectivity index (χ4n) is 3.88. The molecule has 2 aliphatic heterocycles. The van der Waals surface area contributed by atoms with Crippen LogP contribution in [0.25, 0.3) is 10.9 Å². The highest BCUT2D eigenvalue weighted by Gasteiger charge is 2.36. The number of rotatable bonds is 2. The predicted molar refractivity (Wildman–Crippen MR) is 88.4 cm³/mol. The number of nitrogens with zero attached hydrogens (tertiary/aromatic N) is 1. The summed E-state index contributed by atoms with van der Waals surface area (Å²) in [6.07, 6.45) is 4.83. The number of piperidine rings is 1. The summed E-state index contributed by atoms with van der Waals surface area (Å²) in [6.45, 7) is 2.29. The van der Waals surface area contributed by atoms with Crippen LogP contribution in [0, 0.1) is 0 Å². The zero-order valence-corrected chi connectivity index (χ0v) is 13.2. The molecule has 2 aromatic rings. The fourth-order valence-corrected chi connectivity index (χ4v) is 4.06. The zero-order chi connectivity index (χ0) is 15.1. The molecule has 0 aliphatic carbocycles. The molecule has 2 N–H and O–H groups in total. The number of nitrogens with one attached hydrogen (secondary N) is 2. The van der Waals surface area contributed by atoms with Crippen LogP contribution >= 0.6 is 11.6 Å². The van der Waals surface area contributed by atoms with Gasteiger partial charge in [-0.05, 0) is 44.0 Å². The van der Waals surface area contributed by atoms with Gasteiger partial charge in [0.15, 0.2) is 0 Å². The molecular formula is C17H20ClN3O. The molecule has 2 saturated heterocycles. The normalized spacial score (nSPS) is 25.3. The molecular weight excluding hydrogens is 298 g/mol. The molecule has 2 fully saturated rings. The lowest BCUT2D eigenvalue weighted by Gasteiger charge is -2.32. The largest absolute Gasteiger partial charge is 0.350 e. The number of aromatic nitrogens is 1. The highest BCUT2D eigenvalue weighted by atomic mass is 35.5. The van der Waals surface area contributed by atoms with E-state index in [0.717, 1.165) is 23.9 Å². The average molecular weight is 318 g/mol. The van der Waals surface area contributed by atoms with Gasteiger partial charge in [-0.15, -0.1) is 0 Å². The average Bonchev–Trinajstić information content (AvgIpc) is 3.11. The summed E-state index contributed by atoms with van der Waals surface area (Å²) in [5, 5.41) is 4.92. The van der Waals surface area contributed by atoms with Gasteiger partial charge in [-0.25, -0.2) is 0 Å². The Hall–Kier alpha value is -1.52. The number of halogens is 1. The van der Waals surface area contributed by atoms with E-state index in [1.165, 1.54) is 25.8 Å². The van der Waals surface area contributed by atoms with Gasteiger partial charge in [-0.1, -0.05) is 24.1 Å². The molecule has 0 spiro atoms. The van der Waals surface area contributed by atoms with E-state index in [-0.39, 0.29) is 11.9 Å². The molecule has 116 valence electrons. The Morgan fingerprint density at radius 2 is 2.14 bits per heavy atom. The first-order chi connectivity index (χ1) is 10.7. The van der Waals surface area contributed by atoms with Crippen molar-refractivity contribution in [2.75, 3.05) is 13.1 Å². The molecule has 0 bridgehead atoms. The van der Waals surface area contributed by atoms with Crippen molar-refractivity contribution in [2.45, 2.75) is 37.8 Å². The van der Waals surface area contributed by atoms with E-state index in [2.05, 4.69) is 15.2 Å². The number of hydrogen-bond acceptors (Lipinski definition) is 2. The minimum Gasteiger partial charge on any atom is -0.350 e. The highest BCUT2D eigenvalue weighted by molar-refractivity contribution is 6.31. The van der Waals surface area contributed by atoms with Crippen molar-refractivity contribution < 1.29 is 4.79 Å². The first-order valence-electron chi connectivity index (χ1n) is 8.04. The van der Waals surface area contributed by atoms with E-state index in [1.807, 2.05) is 24.3 Å². The van der Waals surface area contributed by atoms with Gasteiger partial charge in [0.1, 0.15) is 5.69 Å². The number of H-pyrrole nitrogens is 1. The summed E-state index contributed by atoms with van der Waals surface area (Å²) in [6, 6.07) is 8.33. The monoisotopic (exact) mass is 317 g/mol. The van der Waals surface area contributed by atoms with E-state index in [4.69, 9.17) is 11.6 Å². The summed E-state index contributed by atoms with van der Waals surface area (Å²) in [4.78, 5) is 18.2. The Kier molecular flexibility index (Phi) is 3.59. The Labute approximate surface area is 134 Å². The SMILES string of the molecule is O=C(NC1CCN2CCCCC12)c1cc2ccc(Cl)cc2[nH]1. The van der Waals surface area contributed by atoms with Crippen LogP contribution in [0.5, 0.6) is 0 Å². The second-order valence-corrected chi connectivity index (χ2v) is 6.82. The standard InChI is InChI=1S/C17H20ClN3O/c18-12-5-4-11-9-15(19-14(11)10-12)17(22)20-13-6-8-21-7-2-1-3-16(13)21/h4-5,9-10,13,16,19H,1-3,6-8H2,(H,20,22). The Morgan fingerprint density at radius 1 is 1.23 bits per heavy atom. The van der Waals surface area contributed by atoms with Crippen LogP contribution in [0.15, 0.2) is 24.3 Å². The van der Waals surface area contributed by atoms with E-state index >= 15 is 0 Å². The molecule has 0 radical (unpaired) electrons. The molecule has 4 nitrogen and oxygen atoms in total.